The van der Waals surface area contributed by atoms with Gasteiger partial charge in [-0.05, 0) is 61.1 Å². The van der Waals surface area contributed by atoms with Gasteiger partial charge in [0, 0.05) is 23.7 Å². The molecule has 2 atom stereocenters. The molecule has 1 fully saturated rings. The van der Waals surface area contributed by atoms with Crippen LogP contribution >= 0.6 is 11.6 Å². The smallest absolute Gasteiger partial charge is 0.148 e. The first-order valence-corrected chi connectivity index (χ1v) is 15.2. The molecule has 1 unspecified atom stereocenters. The van der Waals surface area contributed by atoms with E-state index in [2.05, 4.69) is 44.1 Å². The molecule has 0 amide bonds. The molecular formula is C34H29BClN9. The maximum atomic E-state index is 10.1. The zero-order chi connectivity index (χ0) is 31.6. The topological polar surface area (TPSA) is 139 Å². The zero-order valence-electron chi connectivity index (χ0n) is 24.9. The summed E-state index contributed by atoms with van der Waals surface area (Å²) >= 11 is 6.89. The van der Waals surface area contributed by atoms with Crippen molar-refractivity contribution in [2.24, 2.45) is 0 Å². The van der Waals surface area contributed by atoms with Gasteiger partial charge in [-0.3, -0.25) is 4.98 Å². The molecule has 11 heteroatoms. The second kappa shape index (κ2) is 12.3. The summed E-state index contributed by atoms with van der Waals surface area (Å²) in [6.07, 6.45) is 6.51. The van der Waals surface area contributed by atoms with Crippen LogP contribution in [0.15, 0.2) is 73.1 Å². The van der Waals surface area contributed by atoms with E-state index in [1.807, 2.05) is 80.2 Å². The largest absolute Gasteiger partial charge is 0.378 e. The summed E-state index contributed by atoms with van der Waals surface area (Å²) in [4.78, 5) is 4.54. The van der Waals surface area contributed by atoms with Crippen molar-refractivity contribution in [3.05, 3.63) is 112 Å². The van der Waals surface area contributed by atoms with Crippen molar-refractivity contribution in [3.63, 3.8) is 0 Å². The fraction of sp³-hybridized carbons (Fsp3) is 0.235. The summed E-state index contributed by atoms with van der Waals surface area (Å²) < 4.78 is 1.90. The number of hydrogen-bond acceptors (Lipinski definition) is 8. The Hall–Kier alpha value is -5.37. The molecule has 0 saturated heterocycles. The molecule has 2 N–H and O–H groups in total. The van der Waals surface area contributed by atoms with E-state index in [4.69, 9.17) is 11.6 Å². The Bertz CT molecular complexity index is 2020. The first-order valence-electron chi connectivity index (χ1n) is 14.8. The van der Waals surface area contributed by atoms with Gasteiger partial charge in [0.05, 0.1) is 63.2 Å². The van der Waals surface area contributed by atoms with Crippen molar-refractivity contribution in [2.75, 3.05) is 10.6 Å². The Morgan fingerprint density at radius 2 is 1.84 bits per heavy atom. The first-order chi connectivity index (χ1) is 21.9. The highest BCUT2D eigenvalue weighted by atomic mass is 35.5. The minimum Gasteiger partial charge on any atom is -0.378 e. The number of pyridine rings is 1. The van der Waals surface area contributed by atoms with Crippen LogP contribution in [0.3, 0.4) is 0 Å². The fourth-order valence-electron chi connectivity index (χ4n) is 5.84. The van der Waals surface area contributed by atoms with Crippen LogP contribution in [0.4, 0.5) is 11.4 Å². The number of nitriles is 3. The summed E-state index contributed by atoms with van der Waals surface area (Å²) in [5, 5.41) is 46.6. The standard InChI is InChI=1S/C34H29BClN9/c1-21-23(17-38)9-5-10-28(21)34(35,31-20-45(44-43-31)26-12-13-26)42-25-15-27-32(24(18-39)19-40-33(27)29(36)16-25)41-30(11-6-14-37)22-7-3-2-4-8-22/h2-5,7-10,15-16,19-20,26,30,42H,6,11-13,35H2,1H3,(H,40,41)/t30-,34?/m1/s1. The average molecular weight is 610 g/mol. The van der Waals surface area contributed by atoms with E-state index in [0.29, 0.717) is 63.0 Å². The van der Waals surface area contributed by atoms with Gasteiger partial charge in [-0.25, -0.2) is 4.68 Å². The summed E-state index contributed by atoms with van der Waals surface area (Å²) in [6, 6.07) is 26.2. The molecule has 1 aliphatic rings. The van der Waals surface area contributed by atoms with E-state index in [-0.39, 0.29) is 6.04 Å². The molecule has 0 radical (unpaired) electrons. The van der Waals surface area contributed by atoms with E-state index < -0.39 is 5.44 Å². The van der Waals surface area contributed by atoms with Crippen molar-refractivity contribution in [2.45, 2.75) is 50.1 Å². The number of halogens is 1. The third-order valence-electron chi connectivity index (χ3n) is 8.44. The molecule has 5 aromatic rings. The van der Waals surface area contributed by atoms with Gasteiger partial charge in [0.1, 0.15) is 19.6 Å². The Kier molecular flexibility index (Phi) is 8.13. The summed E-state index contributed by atoms with van der Waals surface area (Å²) in [6.45, 7) is 1.93. The van der Waals surface area contributed by atoms with E-state index in [9.17, 15) is 15.8 Å². The van der Waals surface area contributed by atoms with Gasteiger partial charge in [0.25, 0.3) is 0 Å². The van der Waals surface area contributed by atoms with Crippen molar-refractivity contribution in [1.82, 2.24) is 20.0 Å². The Morgan fingerprint density at radius 1 is 1.07 bits per heavy atom. The van der Waals surface area contributed by atoms with Crippen LogP contribution in [0.2, 0.25) is 5.02 Å². The van der Waals surface area contributed by atoms with Crippen LogP contribution in [-0.2, 0) is 5.44 Å². The molecule has 1 saturated carbocycles. The highest BCUT2D eigenvalue weighted by molar-refractivity contribution is 6.36. The van der Waals surface area contributed by atoms with Crippen LogP contribution in [0.1, 0.15) is 71.3 Å². The molecule has 0 bridgehead atoms. The van der Waals surface area contributed by atoms with E-state index in [0.717, 1.165) is 29.5 Å². The number of fused-ring (bicyclic) bond motifs is 1. The number of nitrogens with zero attached hydrogens (tertiary/aromatic N) is 7. The lowest BCUT2D eigenvalue weighted by Gasteiger charge is -2.33. The number of rotatable bonds is 10. The predicted octanol–water partition coefficient (Wildman–Crippen LogP) is 6.27. The maximum absolute atomic E-state index is 10.1. The quantitative estimate of drug-likeness (QED) is 0.177. The van der Waals surface area contributed by atoms with Crippen LogP contribution in [0.5, 0.6) is 0 Å². The van der Waals surface area contributed by atoms with Gasteiger partial charge in [0.15, 0.2) is 0 Å². The Labute approximate surface area is 267 Å². The molecule has 2 heterocycles. The normalized spacial score (nSPS) is 14.5. The molecule has 45 heavy (non-hydrogen) atoms. The highest BCUT2D eigenvalue weighted by Crippen LogP contribution is 2.40. The summed E-state index contributed by atoms with van der Waals surface area (Å²) in [5.41, 5.74) is 5.26. The summed E-state index contributed by atoms with van der Waals surface area (Å²) in [5.74, 6) is 0. The second-order valence-corrected chi connectivity index (χ2v) is 11.9. The lowest BCUT2D eigenvalue weighted by Crippen LogP contribution is -2.38. The van der Waals surface area contributed by atoms with Crippen LogP contribution < -0.4 is 10.6 Å². The van der Waals surface area contributed by atoms with E-state index >= 15 is 0 Å². The van der Waals surface area contributed by atoms with E-state index in [1.54, 1.807) is 6.07 Å². The van der Waals surface area contributed by atoms with Crippen LogP contribution in [0, 0.1) is 40.9 Å². The third-order valence-corrected chi connectivity index (χ3v) is 8.73. The van der Waals surface area contributed by atoms with Crippen molar-refractivity contribution in [3.8, 4) is 18.2 Å². The van der Waals surface area contributed by atoms with Gasteiger partial charge < -0.3 is 10.6 Å². The first kappa shape index (κ1) is 29.7. The Morgan fingerprint density at radius 3 is 2.56 bits per heavy atom. The number of hydrogen-bond donors (Lipinski definition) is 2. The van der Waals surface area contributed by atoms with Crippen LogP contribution in [-0.4, -0.2) is 27.8 Å². The number of benzene rings is 3. The zero-order valence-corrected chi connectivity index (χ0v) is 25.7. The molecule has 3 aromatic carbocycles. The lowest BCUT2D eigenvalue weighted by atomic mass is 9.68. The lowest BCUT2D eigenvalue weighted by molar-refractivity contribution is 0.610. The average Bonchev–Trinajstić information content (AvgIpc) is 3.78. The number of aromatic nitrogens is 4. The molecule has 2 aromatic heterocycles. The molecule has 1 aliphatic carbocycles. The Balaban J connectivity index is 1.49. The maximum Gasteiger partial charge on any atom is 0.148 e. The second-order valence-electron chi connectivity index (χ2n) is 11.5. The SMILES string of the molecule is BC(Nc1cc(Cl)c2ncc(C#N)c(N[C@H](CCC#N)c3ccccc3)c2c1)(c1cn(C2CC2)nn1)c1cccc(C#N)c1C. The number of anilines is 2. The molecule has 6 rings (SSSR count). The molecule has 0 spiro atoms. The minimum absolute atomic E-state index is 0.224. The monoisotopic (exact) mass is 609 g/mol. The third kappa shape index (κ3) is 5.79. The van der Waals surface area contributed by atoms with Gasteiger partial charge in [-0.2, -0.15) is 15.8 Å². The van der Waals surface area contributed by atoms with Crippen molar-refractivity contribution in [1.29, 1.82) is 15.8 Å². The minimum atomic E-state index is -0.895. The predicted molar refractivity (Wildman–Crippen MR) is 176 cm³/mol. The van der Waals surface area contributed by atoms with Gasteiger partial charge >= 0.3 is 0 Å². The van der Waals surface area contributed by atoms with Gasteiger partial charge in [0.2, 0.25) is 0 Å². The van der Waals surface area contributed by atoms with Gasteiger partial charge in [-0.1, -0.05) is 59.3 Å². The molecular weight excluding hydrogens is 581 g/mol. The molecule has 0 aliphatic heterocycles. The fourth-order valence-corrected chi connectivity index (χ4v) is 6.11. The van der Waals surface area contributed by atoms with Crippen molar-refractivity contribution >= 4 is 41.7 Å². The number of nitrogens with one attached hydrogen (secondary N) is 2. The summed E-state index contributed by atoms with van der Waals surface area (Å²) in [7, 11) is 2.02. The molecule has 9 nitrogen and oxygen atoms in total. The van der Waals surface area contributed by atoms with E-state index in [1.165, 1.54) is 6.20 Å². The van der Waals surface area contributed by atoms with Crippen LogP contribution in [0.25, 0.3) is 10.9 Å². The van der Waals surface area contributed by atoms with Crippen molar-refractivity contribution < 1.29 is 0 Å². The van der Waals surface area contributed by atoms with Gasteiger partial charge in [-0.15, -0.1) is 5.10 Å². The highest BCUT2D eigenvalue weighted by Gasteiger charge is 2.36. The molecule has 220 valence electrons.